The lowest BCUT2D eigenvalue weighted by molar-refractivity contribution is 0.348. The second kappa shape index (κ2) is 4.99. The summed E-state index contributed by atoms with van der Waals surface area (Å²) in [6.45, 7) is 2.32. The number of anilines is 2. The van der Waals surface area contributed by atoms with Crippen molar-refractivity contribution in [1.82, 2.24) is 9.97 Å². The van der Waals surface area contributed by atoms with Crippen LogP contribution in [0.5, 0.6) is 0 Å². The molecule has 3 rings (SSSR count). The Morgan fingerprint density at radius 2 is 1.79 bits per heavy atom. The van der Waals surface area contributed by atoms with Crippen molar-refractivity contribution in [2.75, 3.05) is 17.7 Å². The van der Waals surface area contributed by atoms with Crippen molar-refractivity contribution in [3.05, 3.63) is 11.9 Å². The maximum atomic E-state index is 4.72. The average molecular weight is 260 g/mol. The summed E-state index contributed by atoms with van der Waals surface area (Å²) in [4.78, 5) is 9.29. The summed E-state index contributed by atoms with van der Waals surface area (Å²) in [6, 6.07) is 2.03. The van der Waals surface area contributed by atoms with Gasteiger partial charge in [-0.15, -0.1) is 0 Å². The highest BCUT2D eigenvalue weighted by atomic mass is 15.1. The van der Waals surface area contributed by atoms with E-state index in [0.29, 0.717) is 5.92 Å². The Morgan fingerprint density at radius 1 is 1.11 bits per heavy atom. The van der Waals surface area contributed by atoms with Crippen LogP contribution in [-0.4, -0.2) is 22.6 Å². The molecule has 0 radical (unpaired) electrons. The Balaban J connectivity index is 1.80. The second-order valence-electron chi connectivity index (χ2n) is 6.27. The molecule has 1 aromatic heterocycles. The van der Waals surface area contributed by atoms with Gasteiger partial charge in [-0.05, 0) is 32.6 Å². The van der Waals surface area contributed by atoms with E-state index < -0.39 is 0 Å². The van der Waals surface area contributed by atoms with Gasteiger partial charge in [-0.2, -0.15) is 0 Å². The van der Waals surface area contributed by atoms with Gasteiger partial charge < -0.3 is 10.6 Å². The maximum Gasteiger partial charge on any atom is 0.136 e. The van der Waals surface area contributed by atoms with Crippen molar-refractivity contribution in [3.8, 4) is 0 Å². The Labute approximate surface area is 115 Å². The Bertz CT molecular complexity index is 447. The topological polar surface area (TPSA) is 49.8 Å². The van der Waals surface area contributed by atoms with Gasteiger partial charge in [-0.1, -0.05) is 19.3 Å². The van der Waals surface area contributed by atoms with E-state index in [1.165, 1.54) is 44.9 Å². The Morgan fingerprint density at radius 3 is 2.42 bits per heavy atom. The summed E-state index contributed by atoms with van der Waals surface area (Å²) in [5.41, 5.74) is 0.207. The van der Waals surface area contributed by atoms with Crippen molar-refractivity contribution in [3.63, 3.8) is 0 Å². The summed E-state index contributed by atoms with van der Waals surface area (Å²) in [5.74, 6) is 3.52. The summed E-state index contributed by atoms with van der Waals surface area (Å²) in [6.07, 6.45) is 8.98. The first kappa shape index (κ1) is 12.7. The third kappa shape index (κ3) is 2.99. The van der Waals surface area contributed by atoms with Crippen LogP contribution in [0.4, 0.5) is 11.6 Å². The van der Waals surface area contributed by atoms with E-state index in [0.717, 1.165) is 17.5 Å². The molecule has 4 nitrogen and oxygen atoms in total. The summed E-state index contributed by atoms with van der Waals surface area (Å²) in [7, 11) is 1.92. The number of hydrogen-bond donors (Lipinski definition) is 2. The minimum atomic E-state index is 0.207. The zero-order chi connectivity index (χ0) is 13.3. The SMILES string of the molecule is CNc1cc(NC2(C)CCCCC2)nc(C2CC2)n1. The molecule has 0 amide bonds. The van der Waals surface area contributed by atoms with Crippen LogP contribution in [0.3, 0.4) is 0 Å². The molecule has 0 unspecified atom stereocenters. The van der Waals surface area contributed by atoms with E-state index in [1.807, 2.05) is 13.1 Å². The molecule has 0 atom stereocenters. The van der Waals surface area contributed by atoms with Gasteiger partial charge in [0.1, 0.15) is 17.5 Å². The van der Waals surface area contributed by atoms with E-state index in [9.17, 15) is 0 Å². The molecular weight excluding hydrogens is 236 g/mol. The van der Waals surface area contributed by atoms with Crippen molar-refractivity contribution >= 4 is 11.6 Å². The highest BCUT2D eigenvalue weighted by Gasteiger charge is 2.30. The molecule has 2 fully saturated rings. The van der Waals surface area contributed by atoms with Gasteiger partial charge in [-0.25, -0.2) is 9.97 Å². The summed E-state index contributed by atoms with van der Waals surface area (Å²) < 4.78 is 0. The van der Waals surface area contributed by atoms with Gasteiger partial charge in [0.2, 0.25) is 0 Å². The first-order valence-electron chi connectivity index (χ1n) is 7.53. The molecule has 4 heteroatoms. The van der Waals surface area contributed by atoms with Crippen molar-refractivity contribution in [1.29, 1.82) is 0 Å². The fourth-order valence-corrected chi connectivity index (χ4v) is 2.95. The molecule has 0 aromatic carbocycles. The minimum absolute atomic E-state index is 0.207. The molecule has 1 heterocycles. The lowest BCUT2D eigenvalue weighted by Gasteiger charge is -2.35. The van der Waals surface area contributed by atoms with Gasteiger partial charge >= 0.3 is 0 Å². The van der Waals surface area contributed by atoms with Crippen LogP contribution in [0, 0.1) is 0 Å². The standard InChI is InChI=1S/C15H24N4/c1-15(8-4-3-5-9-15)19-13-10-12(16-2)17-14(18-13)11-6-7-11/h10-11H,3-9H2,1-2H3,(H2,16,17,18,19). The van der Waals surface area contributed by atoms with E-state index >= 15 is 0 Å². The molecule has 1 aromatic rings. The molecule has 0 bridgehead atoms. The fourth-order valence-electron chi connectivity index (χ4n) is 2.95. The van der Waals surface area contributed by atoms with Crippen LogP contribution < -0.4 is 10.6 Å². The second-order valence-corrected chi connectivity index (χ2v) is 6.27. The Hall–Kier alpha value is -1.32. The summed E-state index contributed by atoms with van der Waals surface area (Å²) >= 11 is 0. The molecular formula is C15H24N4. The minimum Gasteiger partial charge on any atom is -0.373 e. The highest BCUT2D eigenvalue weighted by Crippen LogP contribution is 2.39. The molecule has 2 saturated carbocycles. The van der Waals surface area contributed by atoms with E-state index in [4.69, 9.17) is 4.98 Å². The molecule has 0 saturated heterocycles. The van der Waals surface area contributed by atoms with Gasteiger partial charge in [-0.3, -0.25) is 0 Å². The first-order valence-corrected chi connectivity index (χ1v) is 7.53. The molecule has 2 aliphatic rings. The number of aromatic nitrogens is 2. The van der Waals surface area contributed by atoms with Crippen molar-refractivity contribution in [2.24, 2.45) is 0 Å². The van der Waals surface area contributed by atoms with Gasteiger partial charge in [0.15, 0.2) is 0 Å². The molecule has 0 aliphatic heterocycles. The molecule has 104 valence electrons. The number of rotatable bonds is 4. The molecule has 0 spiro atoms. The quantitative estimate of drug-likeness (QED) is 0.869. The van der Waals surface area contributed by atoms with Gasteiger partial charge in [0, 0.05) is 24.6 Å². The molecule has 19 heavy (non-hydrogen) atoms. The lowest BCUT2D eigenvalue weighted by Crippen LogP contribution is -2.37. The zero-order valence-electron chi connectivity index (χ0n) is 12.0. The number of hydrogen-bond acceptors (Lipinski definition) is 4. The van der Waals surface area contributed by atoms with E-state index in [1.54, 1.807) is 0 Å². The van der Waals surface area contributed by atoms with Crippen LogP contribution in [0.15, 0.2) is 6.07 Å². The first-order chi connectivity index (χ1) is 9.18. The van der Waals surface area contributed by atoms with Gasteiger partial charge in [0.25, 0.3) is 0 Å². The molecule has 2 aliphatic carbocycles. The van der Waals surface area contributed by atoms with Gasteiger partial charge in [0.05, 0.1) is 0 Å². The Kier molecular flexibility index (Phi) is 3.33. The average Bonchev–Trinajstić information content (AvgIpc) is 3.23. The fraction of sp³-hybridized carbons (Fsp3) is 0.733. The third-order valence-corrected chi connectivity index (χ3v) is 4.33. The predicted molar refractivity (Wildman–Crippen MR) is 78.7 cm³/mol. The monoisotopic (exact) mass is 260 g/mol. The predicted octanol–water partition coefficient (Wildman–Crippen LogP) is 3.53. The van der Waals surface area contributed by atoms with E-state index in [-0.39, 0.29) is 5.54 Å². The van der Waals surface area contributed by atoms with Crippen LogP contribution in [0.2, 0.25) is 0 Å². The third-order valence-electron chi connectivity index (χ3n) is 4.33. The highest BCUT2D eigenvalue weighted by molar-refractivity contribution is 5.49. The lowest BCUT2D eigenvalue weighted by atomic mass is 9.83. The van der Waals surface area contributed by atoms with E-state index in [2.05, 4.69) is 22.5 Å². The number of nitrogens with zero attached hydrogens (tertiary/aromatic N) is 2. The van der Waals surface area contributed by atoms with Crippen LogP contribution >= 0.6 is 0 Å². The summed E-state index contributed by atoms with van der Waals surface area (Å²) in [5, 5.41) is 6.81. The van der Waals surface area contributed by atoms with Crippen LogP contribution in [0.1, 0.15) is 63.6 Å². The van der Waals surface area contributed by atoms with Crippen molar-refractivity contribution in [2.45, 2.75) is 63.3 Å². The van der Waals surface area contributed by atoms with Crippen molar-refractivity contribution < 1.29 is 0 Å². The largest absolute Gasteiger partial charge is 0.373 e. The zero-order valence-corrected chi connectivity index (χ0v) is 12.0. The smallest absolute Gasteiger partial charge is 0.136 e. The molecule has 2 N–H and O–H groups in total. The normalized spacial score (nSPS) is 22.0. The van der Waals surface area contributed by atoms with Crippen LogP contribution in [0.25, 0.3) is 0 Å². The maximum absolute atomic E-state index is 4.72. The van der Waals surface area contributed by atoms with Crippen LogP contribution in [-0.2, 0) is 0 Å². The number of nitrogens with one attached hydrogen (secondary N) is 2.